The first-order valence-corrected chi connectivity index (χ1v) is 8.74. The molecule has 4 heteroatoms. The maximum Gasteiger partial charge on any atom is 0.187 e. The van der Waals surface area contributed by atoms with E-state index in [2.05, 4.69) is 11.8 Å². The molecule has 26 heavy (non-hydrogen) atoms. The molecule has 0 atom stereocenters. The number of likely N-dealkylation sites (tertiary alicyclic amines) is 1. The van der Waals surface area contributed by atoms with E-state index in [1.807, 2.05) is 12.2 Å². The van der Waals surface area contributed by atoms with Crippen LogP contribution in [0.1, 0.15) is 24.5 Å². The molecule has 2 nitrogen and oxygen atoms in total. The second kappa shape index (κ2) is 8.19. The molecule has 0 spiro atoms. The van der Waals surface area contributed by atoms with Crippen molar-refractivity contribution in [2.75, 3.05) is 19.6 Å². The minimum absolute atomic E-state index is 0.00833. The van der Waals surface area contributed by atoms with E-state index >= 15 is 0 Å². The fourth-order valence-electron chi connectivity index (χ4n) is 3.10. The number of nitrogens with zero attached hydrogens (tertiary/aromatic N) is 1. The lowest BCUT2D eigenvalue weighted by atomic mass is 9.94. The summed E-state index contributed by atoms with van der Waals surface area (Å²) >= 11 is 0. The molecular formula is C22H21F2NO. The van der Waals surface area contributed by atoms with Gasteiger partial charge in [-0.25, -0.2) is 8.78 Å². The molecule has 3 rings (SSSR count). The predicted octanol–water partition coefficient (Wildman–Crippen LogP) is 4.73. The summed E-state index contributed by atoms with van der Waals surface area (Å²) in [7, 11) is 0. The standard InChI is InChI=1S/C22H21F2NO/c1-2-11-25-14-18(12-16-3-7-20(23)8-4-16)22(26)19(15-25)13-17-5-9-21(24)10-6-17/h3-10,12-13H,2,11,14-15H2,1H3/b18-12-,19-13+. The maximum atomic E-state index is 13.1. The quantitative estimate of drug-likeness (QED) is 0.741. The highest BCUT2D eigenvalue weighted by Gasteiger charge is 2.25. The Morgan fingerprint density at radius 3 is 1.65 bits per heavy atom. The average molecular weight is 353 g/mol. The second-order valence-electron chi connectivity index (χ2n) is 6.48. The number of ketones is 1. The minimum atomic E-state index is -0.299. The van der Waals surface area contributed by atoms with Gasteiger partial charge in [0.15, 0.2) is 5.78 Å². The van der Waals surface area contributed by atoms with E-state index < -0.39 is 0 Å². The minimum Gasteiger partial charge on any atom is -0.295 e. The zero-order valence-electron chi connectivity index (χ0n) is 14.7. The van der Waals surface area contributed by atoms with E-state index in [1.54, 1.807) is 24.3 Å². The van der Waals surface area contributed by atoms with Gasteiger partial charge >= 0.3 is 0 Å². The molecule has 2 aromatic carbocycles. The van der Waals surface area contributed by atoms with Gasteiger partial charge < -0.3 is 0 Å². The Labute approximate surface area is 152 Å². The zero-order valence-corrected chi connectivity index (χ0v) is 14.7. The number of halogens is 2. The normalized spacial score (nSPS) is 18.7. The van der Waals surface area contributed by atoms with Crippen LogP contribution in [-0.2, 0) is 4.79 Å². The first-order chi connectivity index (χ1) is 12.5. The molecule has 0 aliphatic carbocycles. The molecule has 134 valence electrons. The third-order valence-electron chi connectivity index (χ3n) is 4.33. The second-order valence-corrected chi connectivity index (χ2v) is 6.48. The van der Waals surface area contributed by atoms with Crippen molar-refractivity contribution >= 4 is 17.9 Å². The molecule has 0 N–H and O–H groups in total. The van der Waals surface area contributed by atoms with Gasteiger partial charge in [-0.05, 0) is 60.5 Å². The highest BCUT2D eigenvalue weighted by molar-refractivity contribution is 6.14. The monoisotopic (exact) mass is 353 g/mol. The van der Waals surface area contributed by atoms with Crippen molar-refractivity contribution in [2.45, 2.75) is 13.3 Å². The summed E-state index contributed by atoms with van der Waals surface area (Å²) in [6, 6.07) is 12.2. The fourth-order valence-corrected chi connectivity index (χ4v) is 3.10. The van der Waals surface area contributed by atoms with E-state index in [9.17, 15) is 13.6 Å². The van der Waals surface area contributed by atoms with Crippen LogP contribution < -0.4 is 0 Å². The molecule has 0 aromatic heterocycles. The molecule has 0 unspecified atom stereocenters. The van der Waals surface area contributed by atoms with Crippen LogP contribution in [-0.4, -0.2) is 30.3 Å². The molecule has 1 aliphatic heterocycles. The Kier molecular flexibility index (Phi) is 5.74. The molecule has 1 fully saturated rings. The Balaban J connectivity index is 1.93. The number of rotatable bonds is 4. The molecule has 0 bridgehead atoms. The lowest BCUT2D eigenvalue weighted by Gasteiger charge is -2.29. The summed E-state index contributed by atoms with van der Waals surface area (Å²) in [5.74, 6) is -0.607. The molecular weight excluding hydrogens is 332 g/mol. The lowest BCUT2D eigenvalue weighted by Crippen LogP contribution is -2.38. The summed E-state index contributed by atoms with van der Waals surface area (Å²) in [5, 5.41) is 0. The molecule has 1 saturated heterocycles. The van der Waals surface area contributed by atoms with Crippen molar-refractivity contribution in [1.29, 1.82) is 0 Å². The first-order valence-electron chi connectivity index (χ1n) is 8.74. The molecule has 1 aliphatic rings. The third kappa shape index (κ3) is 4.52. The molecule has 1 heterocycles. The third-order valence-corrected chi connectivity index (χ3v) is 4.33. The maximum absolute atomic E-state index is 13.1. The molecule has 2 aromatic rings. The van der Waals surface area contributed by atoms with Crippen LogP contribution in [0.3, 0.4) is 0 Å². The van der Waals surface area contributed by atoms with Crippen LogP contribution in [0.25, 0.3) is 12.2 Å². The van der Waals surface area contributed by atoms with Crippen molar-refractivity contribution in [3.8, 4) is 0 Å². The van der Waals surface area contributed by atoms with Gasteiger partial charge in [0.1, 0.15) is 11.6 Å². The van der Waals surface area contributed by atoms with Crippen molar-refractivity contribution in [2.24, 2.45) is 0 Å². The smallest absolute Gasteiger partial charge is 0.187 e. The van der Waals surface area contributed by atoms with Crippen LogP contribution >= 0.6 is 0 Å². The van der Waals surface area contributed by atoms with Gasteiger partial charge in [0.05, 0.1) is 0 Å². The van der Waals surface area contributed by atoms with Crippen molar-refractivity contribution < 1.29 is 13.6 Å². The van der Waals surface area contributed by atoms with Gasteiger partial charge in [-0.1, -0.05) is 31.2 Å². The Morgan fingerprint density at radius 2 is 1.27 bits per heavy atom. The van der Waals surface area contributed by atoms with E-state index in [0.29, 0.717) is 24.2 Å². The summed E-state index contributed by atoms with van der Waals surface area (Å²) in [6.07, 6.45) is 4.63. The summed E-state index contributed by atoms with van der Waals surface area (Å²) in [4.78, 5) is 15.1. The van der Waals surface area contributed by atoms with Gasteiger partial charge in [0, 0.05) is 24.2 Å². The highest BCUT2D eigenvalue weighted by atomic mass is 19.1. The Hall–Kier alpha value is -2.59. The Morgan fingerprint density at radius 1 is 0.846 bits per heavy atom. The van der Waals surface area contributed by atoms with Crippen LogP contribution in [0, 0.1) is 11.6 Å². The van der Waals surface area contributed by atoms with Gasteiger partial charge in [-0.3, -0.25) is 9.69 Å². The largest absolute Gasteiger partial charge is 0.295 e. The van der Waals surface area contributed by atoms with Gasteiger partial charge in [-0.2, -0.15) is 0 Å². The van der Waals surface area contributed by atoms with E-state index in [-0.39, 0.29) is 17.4 Å². The number of carbonyl (C=O) groups excluding carboxylic acids is 1. The SMILES string of the molecule is CCCN1C/C(=C/c2ccc(F)cc2)C(=O)/C(=C/c2ccc(F)cc2)C1. The fraction of sp³-hybridized carbons (Fsp3) is 0.227. The number of carbonyl (C=O) groups is 1. The van der Waals surface area contributed by atoms with Gasteiger partial charge in [-0.15, -0.1) is 0 Å². The predicted molar refractivity (Wildman–Crippen MR) is 100 cm³/mol. The summed E-state index contributed by atoms with van der Waals surface area (Å²) < 4.78 is 26.2. The van der Waals surface area contributed by atoms with Crippen molar-refractivity contribution in [3.05, 3.63) is 82.4 Å². The number of hydrogen-bond donors (Lipinski definition) is 0. The summed E-state index contributed by atoms with van der Waals surface area (Å²) in [5.41, 5.74) is 2.97. The highest BCUT2D eigenvalue weighted by Crippen LogP contribution is 2.22. The van der Waals surface area contributed by atoms with Crippen molar-refractivity contribution in [1.82, 2.24) is 4.90 Å². The average Bonchev–Trinajstić information content (AvgIpc) is 2.63. The van der Waals surface area contributed by atoms with Crippen molar-refractivity contribution in [3.63, 3.8) is 0 Å². The zero-order chi connectivity index (χ0) is 18.5. The van der Waals surface area contributed by atoms with E-state index in [0.717, 1.165) is 24.1 Å². The lowest BCUT2D eigenvalue weighted by molar-refractivity contribution is -0.113. The van der Waals surface area contributed by atoms with Gasteiger partial charge in [0.25, 0.3) is 0 Å². The number of piperidine rings is 1. The van der Waals surface area contributed by atoms with E-state index in [1.165, 1.54) is 24.3 Å². The van der Waals surface area contributed by atoms with Crippen LogP contribution in [0.4, 0.5) is 8.78 Å². The Bertz CT molecular complexity index is 768. The number of benzene rings is 2. The van der Waals surface area contributed by atoms with Gasteiger partial charge in [0.2, 0.25) is 0 Å². The van der Waals surface area contributed by atoms with Crippen LogP contribution in [0.15, 0.2) is 59.7 Å². The van der Waals surface area contributed by atoms with Crippen LogP contribution in [0.5, 0.6) is 0 Å². The van der Waals surface area contributed by atoms with Crippen LogP contribution in [0.2, 0.25) is 0 Å². The topological polar surface area (TPSA) is 20.3 Å². The molecule has 0 amide bonds. The summed E-state index contributed by atoms with van der Waals surface area (Å²) in [6.45, 7) is 4.13. The number of hydrogen-bond acceptors (Lipinski definition) is 2. The van der Waals surface area contributed by atoms with E-state index in [4.69, 9.17) is 0 Å². The first kappa shape index (κ1) is 18.2. The number of Topliss-reactive ketones (excluding diaryl/α,β-unsaturated/α-hetero) is 1. The molecule has 0 saturated carbocycles. The molecule has 0 radical (unpaired) electrons.